The lowest BCUT2D eigenvalue weighted by Crippen LogP contribution is -1.90. The summed E-state index contributed by atoms with van der Waals surface area (Å²) in [5, 5.41) is 0. The van der Waals surface area contributed by atoms with Crippen LogP contribution in [0.2, 0.25) is 0 Å². The van der Waals surface area contributed by atoms with Gasteiger partial charge in [0.05, 0.1) is 14.2 Å². The molecule has 0 amide bonds. The highest BCUT2D eigenvalue weighted by molar-refractivity contribution is 5.95. The second-order valence-corrected chi connectivity index (χ2v) is 7.28. The molecule has 0 N–H and O–H groups in total. The average molecular weight is 447 g/mol. The first-order valence-electron chi connectivity index (χ1n) is 10.9. The smallest absolute Gasteiger partial charge is 0.159 e. The van der Waals surface area contributed by atoms with E-state index in [1.54, 1.807) is 28.1 Å². The number of rotatable bonds is 6. The molecule has 0 unspecified atom stereocenters. The third kappa shape index (κ3) is 10.5. The largest absolute Gasteiger partial charge is 0.497 e. The van der Waals surface area contributed by atoms with Crippen LogP contribution in [0.25, 0.3) is 12.2 Å². The molecular formula is C29H34O4. The van der Waals surface area contributed by atoms with Gasteiger partial charge < -0.3 is 9.47 Å². The molecule has 0 spiro atoms. The maximum absolute atomic E-state index is 11.2. The van der Waals surface area contributed by atoms with Crippen molar-refractivity contribution >= 4 is 23.7 Å². The van der Waals surface area contributed by atoms with E-state index in [0.717, 1.165) is 22.6 Å². The number of Topliss-reactive ketones (excluding diaryl/α,β-unsaturated/α-hetero) is 2. The van der Waals surface area contributed by atoms with Gasteiger partial charge in [0.1, 0.15) is 11.5 Å². The lowest BCUT2D eigenvalue weighted by Gasteiger charge is -2.00. The molecule has 3 aromatic carbocycles. The molecule has 0 saturated heterocycles. The van der Waals surface area contributed by atoms with E-state index in [2.05, 4.69) is 13.8 Å². The first kappa shape index (κ1) is 27.4. The van der Waals surface area contributed by atoms with Crippen LogP contribution in [0.15, 0.2) is 72.8 Å². The number of ether oxygens (including phenoxy) is 2. The van der Waals surface area contributed by atoms with Gasteiger partial charge in [0.15, 0.2) is 11.6 Å². The Morgan fingerprint density at radius 2 is 0.879 bits per heavy atom. The monoisotopic (exact) mass is 446 g/mol. The number of hydrogen-bond acceptors (Lipinski definition) is 4. The molecule has 0 atom stereocenters. The van der Waals surface area contributed by atoms with Crippen LogP contribution in [-0.2, 0) is 0 Å². The van der Waals surface area contributed by atoms with E-state index in [9.17, 15) is 9.59 Å². The number of methoxy groups -OCH3 is 2. The summed E-state index contributed by atoms with van der Waals surface area (Å²) in [5.41, 5.74) is 3.50. The summed E-state index contributed by atoms with van der Waals surface area (Å²) >= 11 is 0. The molecule has 0 radical (unpaired) electrons. The SMILES string of the molecule is CC(=O)c1ccc(C=Cc2ccc(C(C)=O)cc2)cc1.CCC.COc1ccc(OC)cc1. The van der Waals surface area contributed by atoms with E-state index in [1.165, 1.54) is 6.42 Å². The molecule has 33 heavy (non-hydrogen) atoms. The summed E-state index contributed by atoms with van der Waals surface area (Å²) in [6, 6.07) is 22.4. The van der Waals surface area contributed by atoms with Crippen molar-refractivity contribution in [2.45, 2.75) is 34.1 Å². The van der Waals surface area contributed by atoms with E-state index in [0.29, 0.717) is 11.1 Å². The molecule has 4 nitrogen and oxygen atoms in total. The molecule has 0 aromatic heterocycles. The summed E-state index contributed by atoms with van der Waals surface area (Å²) in [7, 11) is 3.28. The predicted molar refractivity (Wildman–Crippen MR) is 137 cm³/mol. The zero-order valence-corrected chi connectivity index (χ0v) is 20.4. The highest BCUT2D eigenvalue weighted by Gasteiger charge is 1.98. The highest BCUT2D eigenvalue weighted by atomic mass is 16.5. The van der Waals surface area contributed by atoms with Gasteiger partial charge in [-0.25, -0.2) is 0 Å². The average Bonchev–Trinajstić information content (AvgIpc) is 2.84. The topological polar surface area (TPSA) is 52.6 Å². The third-order valence-corrected chi connectivity index (χ3v) is 4.40. The van der Waals surface area contributed by atoms with Gasteiger partial charge in [-0.05, 0) is 49.2 Å². The number of ketones is 2. The van der Waals surface area contributed by atoms with Crippen molar-refractivity contribution in [2.75, 3.05) is 14.2 Å². The minimum absolute atomic E-state index is 0.0698. The summed E-state index contributed by atoms with van der Waals surface area (Å²) < 4.78 is 9.92. The summed E-state index contributed by atoms with van der Waals surface area (Å²) in [4.78, 5) is 22.4. The maximum atomic E-state index is 11.2. The van der Waals surface area contributed by atoms with Crippen molar-refractivity contribution < 1.29 is 19.1 Å². The van der Waals surface area contributed by atoms with Crippen LogP contribution in [0.3, 0.4) is 0 Å². The Balaban J connectivity index is 0.000000349. The molecular weight excluding hydrogens is 412 g/mol. The second-order valence-electron chi connectivity index (χ2n) is 7.28. The fourth-order valence-electron chi connectivity index (χ4n) is 2.56. The Morgan fingerprint density at radius 1 is 0.606 bits per heavy atom. The van der Waals surface area contributed by atoms with Gasteiger partial charge in [0, 0.05) is 11.1 Å². The van der Waals surface area contributed by atoms with E-state index in [-0.39, 0.29) is 11.6 Å². The van der Waals surface area contributed by atoms with Crippen LogP contribution < -0.4 is 9.47 Å². The summed E-state index contributed by atoms with van der Waals surface area (Å²) in [6.07, 6.45) is 5.21. The molecule has 0 aliphatic heterocycles. The van der Waals surface area contributed by atoms with Crippen LogP contribution in [0.4, 0.5) is 0 Å². The van der Waals surface area contributed by atoms with Crippen molar-refractivity contribution in [2.24, 2.45) is 0 Å². The number of benzene rings is 3. The van der Waals surface area contributed by atoms with Gasteiger partial charge >= 0.3 is 0 Å². The van der Waals surface area contributed by atoms with Gasteiger partial charge in [0.2, 0.25) is 0 Å². The standard InChI is InChI=1S/C18H16O2.C8H10O2.C3H8/c1-13(19)17-9-5-15(6-10-17)3-4-16-7-11-18(12-8-16)14(2)20;1-9-7-3-5-8(10-2)6-4-7;1-3-2/h3-12H,1-2H3;3-6H,1-2H3;3H2,1-2H3. The van der Waals surface area contributed by atoms with Crippen molar-refractivity contribution in [3.63, 3.8) is 0 Å². The van der Waals surface area contributed by atoms with Gasteiger partial charge in [0.25, 0.3) is 0 Å². The van der Waals surface area contributed by atoms with Crippen molar-refractivity contribution in [3.8, 4) is 11.5 Å². The highest BCUT2D eigenvalue weighted by Crippen LogP contribution is 2.16. The number of hydrogen-bond donors (Lipinski definition) is 0. The normalized spacial score (nSPS) is 9.76. The molecule has 0 bridgehead atoms. The summed E-state index contributed by atoms with van der Waals surface area (Å²) in [6.45, 7) is 7.36. The predicted octanol–water partition coefficient (Wildman–Crippen LogP) is 7.38. The van der Waals surface area contributed by atoms with Crippen LogP contribution in [0.1, 0.15) is 66.0 Å². The Kier molecular flexibility index (Phi) is 12.6. The Bertz CT molecular complexity index is 916. The minimum atomic E-state index is 0.0698. The zero-order valence-electron chi connectivity index (χ0n) is 20.4. The Labute approximate surface area is 197 Å². The molecule has 4 heteroatoms. The molecule has 3 rings (SSSR count). The van der Waals surface area contributed by atoms with Crippen LogP contribution in [0, 0.1) is 0 Å². The van der Waals surface area contributed by atoms with Gasteiger partial charge in [-0.3, -0.25) is 9.59 Å². The Hall–Kier alpha value is -3.66. The second kappa shape index (κ2) is 15.2. The van der Waals surface area contributed by atoms with Gasteiger partial charge in [-0.1, -0.05) is 81.0 Å². The fourth-order valence-corrected chi connectivity index (χ4v) is 2.56. The van der Waals surface area contributed by atoms with Crippen molar-refractivity contribution in [1.82, 2.24) is 0 Å². The lowest BCUT2D eigenvalue weighted by molar-refractivity contribution is 0.100. The maximum Gasteiger partial charge on any atom is 0.159 e. The molecule has 174 valence electrons. The third-order valence-electron chi connectivity index (χ3n) is 4.40. The van der Waals surface area contributed by atoms with E-state index < -0.39 is 0 Å². The van der Waals surface area contributed by atoms with Crippen LogP contribution >= 0.6 is 0 Å². The lowest BCUT2D eigenvalue weighted by atomic mass is 10.1. The fraction of sp³-hybridized carbons (Fsp3) is 0.241. The molecule has 0 heterocycles. The minimum Gasteiger partial charge on any atom is -0.497 e. The van der Waals surface area contributed by atoms with E-state index in [1.807, 2.05) is 84.9 Å². The first-order chi connectivity index (χ1) is 15.8. The summed E-state index contributed by atoms with van der Waals surface area (Å²) in [5.74, 6) is 1.84. The molecule has 0 fully saturated rings. The number of carbonyl (C=O) groups excluding carboxylic acids is 2. The molecule has 3 aromatic rings. The van der Waals surface area contributed by atoms with E-state index in [4.69, 9.17) is 9.47 Å². The van der Waals surface area contributed by atoms with Crippen LogP contribution in [-0.4, -0.2) is 25.8 Å². The molecule has 0 saturated carbocycles. The quantitative estimate of drug-likeness (QED) is 0.293. The zero-order chi connectivity index (χ0) is 24.6. The first-order valence-corrected chi connectivity index (χ1v) is 10.9. The molecule has 0 aliphatic carbocycles. The Morgan fingerprint density at radius 3 is 1.09 bits per heavy atom. The van der Waals surface area contributed by atoms with Gasteiger partial charge in [-0.2, -0.15) is 0 Å². The van der Waals surface area contributed by atoms with Crippen molar-refractivity contribution in [1.29, 1.82) is 0 Å². The van der Waals surface area contributed by atoms with Gasteiger partial charge in [-0.15, -0.1) is 0 Å². The van der Waals surface area contributed by atoms with E-state index >= 15 is 0 Å². The van der Waals surface area contributed by atoms with Crippen molar-refractivity contribution in [3.05, 3.63) is 95.1 Å². The molecule has 0 aliphatic rings. The number of carbonyl (C=O) groups is 2. The van der Waals surface area contributed by atoms with Crippen LogP contribution in [0.5, 0.6) is 11.5 Å².